The Labute approximate surface area is 349 Å². The number of carbonyl (C=O) groups is 3. The summed E-state index contributed by atoms with van der Waals surface area (Å²) >= 11 is 0. The summed E-state index contributed by atoms with van der Waals surface area (Å²) in [4.78, 5) is 45.9. The van der Waals surface area contributed by atoms with Crippen LogP contribution in [0.25, 0.3) is 0 Å². The second-order valence-electron chi connectivity index (χ2n) is 13.7. The fourth-order valence-corrected chi connectivity index (χ4v) is 5.82. The van der Waals surface area contributed by atoms with Gasteiger partial charge in [0, 0.05) is 12.8 Å². The number of aliphatic carboxylic acids is 1. The molecule has 0 fully saturated rings. The lowest BCUT2D eigenvalue weighted by Crippen LogP contribution is -2.34. The van der Waals surface area contributed by atoms with E-state index in [0.717, 1.165) is 103 Å². The minimum absolute atomic E-state index is 0.129. The molecule has 0 spiro atoms. The van der Waals surface area contributed by atoms with Gasteiger partial charge in [-0.3, -0.25) is 23.4 Å². The zero-order chi connectivity index (χ0) is 42.8. The highest BCUT2D eigenvalue weighted by Crippen LogP contribution is 2.43. The van der Waals surface area contributed by atoms with E-state index in [1.807, 2.05) is 0 Å². The van der Waals surface area contributed by atoms with Crippen molar-refractivity contribution in [3.05, 3.63) is 97.2 Å². The number of hydrogen-bond donors (Lipinski definition) is 3. The molecule has 0 aromatic heterocycles. The molecule has 328 valence electrons. The van der Waals surface area contributed by atoms with Gasteiger partial charge < -0.3 is 25.2 Å². The van der Waals surface area contributed by atoms with E-state index in [2.05, 4.69) is 116 Å². The summed E-state index contributed by atoms with van der Waals surface area (Å²) in [6.07, 6.45) is 50.4. The third-order valence-corrected chi connectivity index (χ3v) is 9.28. The molecule has 0 radical (unpaired) electrons. The van der Waals surface area contributed by atoms with Crippen LogP contribution in [0.3, 0.4) is 0 Å². The molecule has 0 heterocycles. The maximum Gasteiger partial charge on any atom is 0.472 e. The minimum Gasteiger partial charge on any atom is -0.480 e. The van der Waals surface area contributed by atoms with Gasteiger partial charge in [-0.25, -0.2) is 4.57 Å². The molecule has 3 unspecified atom stereocenters. The Morgan fingerprint density at radius 1 is 0.534 bits per heavy atom. The van der Waals surface area contributed by atoms with Crippen molar-refractivity contribution in [2.75, 3.05) is 19.8 Å². The SMILES string of the molecule is CC/C=C\C/C=C\C/C=C\C/C=C\CCCCCCCCC(=O)OC(COC(=O)CCCC/C=C\C/C=C\C/C=C\C/C=C\CC)COP(=O)(O)OCC(N)C(=O)O. The number of allylic oxidation sites excluding steroid dienone is 16. The molecule has 0 saturated heterocycles. The van der Waals surface area contributed by atoms with Gasteiger partial charge in [-0.2, -0.15) is 0 Å². The Morgan fingerprint density at radius 3 is 1.40 bits per heavy atom. The molecular weight excluding hydrogens is 757 g/mol. The predicted molar refractivity (Wildman–Crippen MR) is 235 cm³/mol. The van der Waals surface area contributed by atoms with Crippen LogP contribution in [0.2, 0.25) is 0 Å². The Balaban J connectivity index is 4.48. The van der Waals surface area contributed by atoms with Crippen molar-refractivity contribution >= 4 is 25.7 Å². The fourth-order valence-electron chi connectivity index (χ4n) is 5.04. The average molecular weight is 832 g/mol. The summed E-state index contributed by atoms with van der Waals surface area (Å²) in [5, 5.41) is 8.89. The van der Waals surface area contributed by atoms with Gasteiger partial charge in [0.1, 0.15) is 12.6 Å². The largest absolute Gasteiger partial charge is 0.480 e. The maximum atomic E-state index is 12.6. The number of phosphoric ester groups is 1. The van der Waals surface area contributed by atoms with Gasteiger partial charge in [0.25, 0.3) is 0 Å². The number of carbonyl (C=O) groups excluding carboxylic acids is 2. The van der Waals surface area contributed by atoms with Crippen molar-refractivity contribution < 1.29 is 47.5 Å². The first-order valence-corrected chi connectivity index (χ1v) is 22.8. The molecule has 3 atom stereocenters. The molecular formula is C46H74NO10P. The van der Waals surface area contributed by atoms with Crippen LogP contribution in [0.5, 0.6) is 0 Å². The maximum absolute atomic E-state index is 12.6. The molecule has 4 N–H and O–H groups in total. The second-order valence-corrected chi connectivity index (χ2v) is 15.2. The summed E-state index contributed by atoms with van der Waals surface area (Å²) in [6, 6.07) is -1.54. The van der Waals surface area contributed by atoms with Crippen molar-refractivity contribution in [2.45, 2.75) is 154 Å². The zero-order valence-electron chi connectivity index (χ0n) is 35.3. The number of hydrogen-bond acceptors (Lipinski definition) is 9. The standard InChI is InChI=1S/C46H74NO10P/c1-3-5-7-9-11-13-15-17-19-20-21-22-24-26-28-30-32-34-36-38-45(49)57-42(40-55-58(52,53)56-41-43(47)46(50)51)39-54-44(48)37-35-33-31-29-27-25-23-18-16-14-12-10-8-6-4-2/h5-8,11-14,17-19,21-23,27,29,42-43H,3-4,9-10,15-16,20,24-26,28,30-41,47H2,1-2H3,(H,50,51)(H,52,53)/b7-5-,8-6-,13-11-,14-12-,19-17-,22-21-,23-18-,29-27-. The number of carboxylic acid groups (broad SMARTS) is 1. The van der Waals surface area contributed by atoms with E-state index in [4.69, 9.17) is 24.8 Å². The number of esters is 2. The van der Waals surface area contributed by atoms with Gasteiger partial charge in [0.15, 0.2) is 6.10 Å². The average Bonchev–Trinajstić information content (AvgIpc) is 3.20. The zero-order valence-corrected chi connectivity index (χ0v) is 36.2. The molecule has 0 aliphatic carbocycles. The van der Waals surface area contributed by atoms with Crippen LogP contribution < -0.4 is 5.73 Å². The highest BCUT2D eigenvalue weighted by molar-refractivity contribution is 7.47. The lowest BCUT2D eigenvalue weighted by Gasteiger charge is -2.20. The molecule has 0 amide bonds. The van der Waals surface area contributed by atoms with E-state index in [1.54, 1.807) is 0 Å². The molecule has 0 aliphatic rings. The monoisotopic (exact) mass is 832 g/mol. The summed E-state index contributed by atoms with van der Waals surface area (Å²) in [5.41, 5.74) is 5.33. The van der Waals surface area contributed by atoms with E-state index in [9.17, 15) is 23.8 Å². The van der Waals surface area contributed by atoms with E-state index >= 15 is 0 Å². The smallest absolute Gasteiger partial charge is 0.472 e. The topological polar surface area (TPSA) is 172 Å². The van der Waals surface area contributed by atoms with Crippen molar-refractivity contribution in [1.82, 2.24) is 0 Å². The number of ether oxygens (including phenoxy) is 2. The van der Waals surface area contributed by atoms with Gasteiger partial charge >= 0.3 is 25.7 Å². The lowest BCUT2D eigenvalue weighted by molar-refractivity contribution is -0.161. The van der Waals surface area contributed by atoms with Crippen molar-refractivity contribution in [1.29, 1.82) is 0 Å². The molecule has 0 saturated carbocycles. The van der Waals surface area contributed by atoms with Crippen molar-refractivity contribution in [3.63, 3.8) is 0 Å². The van der Waals surface area contributed by atoms with Crippen LogP contribution in [0.4, 0.5) is 0 Å². The number of unbranched alkanes of at least 4 members (excludes halogenated alkanes) is 8. The summed E-state index contributed by atoms with van der Waals surface area (Å²) in [7, 11) is -4.74. The molecule has 0 rings (SSSR count). The van der Waals surface area contributed by atoms with Gasteiger partial charge in [-0.05, 0) is 89.9 Å². The van der Waals surface area contributed by atoms with Crippen LogP contribution in [0.1, 0.15) is 142 Å². The highest BCUT2D eigenvalue weighted by atomic mass is 31.2. The van der Waals surface area contributed by atoms with E-state index in [1.165, 1.54) is 0 Å². The molecule has 12 heteroatoms. The van der Waals surface area contributed by atoms with Crippen LogP contribution in [-0.2, 0) is 37.5 Å². The van der Waals surface area contributed by atoms with Crippen LogP contribution in [0.15, 0.2) is 97.2 Å². The molecule has 11 nitrogen and oxygen atoms in total. The lowest BCUT2D eigenvalue weighted by atomic mass is 10.1. The fraction of sp³-hybridized carbons (Fsp3) is 0.587. The molecule has 0 bridgehead atoms. The van der Waals surface area contributed by atoms with Gasteiger partial charge in [-0.1, -0.05) is 137 Å². The van der Waals surface area contributed by atoms with Gasteiger partial charge in [-0.15, -0.1) is 0 Å². The van der Waals surface area contributed by atoms with Crippen LogP contribution in [0, 0.1) is 0 Å². The van der Waals surface area contributed by atoms with E-state index < -0.39 is 51.1 Å². The summed E-state index contributed by atoms with van der Waals surface area (Å²) in [6.45, 7) is 2.49. The van der Waals surface area contributed by atoms with E-state index in [-0.39, 0.29) is 19.4 Å². The molecule has 58 heavy (non-hydrogen) atoms. The number of carboxylic acids is 1. The Bertz CT molecular complexity index is 1350. The normalized spacial score (nSPS) is 14.7. The first kappa shape index (κ1) is 54.4. The van der Waals surface area contributed by atoms with Crippen LogP contribution >= 0.6 is 7.82 Å². The molecule has 0 aromatic rings. The molecule has 0 aliphatic heterocycles. The Kier molecular flexibility index (Phi) is 37.7. The first-order valence-electron chi connectivity index (χ1n) is 21.3. The second kappa shape index (κ2) is 40.2. The Hall–Kier alpha value is -3.60. The van der Waals surface area contributed by atoms with Gasteiger partial charge in [0.2, 0.25) is 0 Å². The number of nitrogens with two attached hydrogens (primary N) is 1. The van der Waals surface area contributed by atoms with Gasteiger partial charge in [0.05, 0.1) is 13.2 Å². The Morgan fingerprint density at radius 2 is 0.914 bits per heavy atom. The number of rotatable bonds is 38. The minimum atomic E-state index is -4.74. The quantitative estimate of drug-likeness (QED) is 0.0234. The third-order valence-electron chi connectivity index (χ3n) is 8.33. The summed E-state index contributed by atoms with van der Waals surface area (Å²) < 4.78 is 32.6. The number of phosphoric acid groups is 1. The predicted octanol–water partition coefficient (Wildman–Crippen LogP) is 11.3. The first-order chi connectivity index (χ1) is 28.1. The third kappa shape index (κ3) is 39.2. The highest BCUT2D eigenvalue weighted by Gasteiger charge is 2.28. The van der Waals surface area contributed by atoms with Crippen molar-refractivity contribution in [3.8, 4) is 0 Å². The van der Waals surface area contributed by atoms with E-state index in [0.29, 0.717) is 12.8 Å². The van der Waals surface area contributed by atoms with Crippen molar-refractivity contribution in [2.24, 2.45) is 5.73 Å². The molecule has 0 aromatic carbocycles. The summed E-state index contributed by atoms with van der Waals surface area (Å²) in [5.74, 6) is -2.47. The van der Waals surface area contributed by atoms with Crippen LogP contribution in [-0.4, -0.2) is 59.9 Å².